The number of aromatic nitrogens is 2. The van der Waals surface area contributed by atoms with Gasteiger partial charge in [0.25, 0.3) is 0 Å². The molecule has 0 unspecified atom stereocenters. The third-order valence-electron chi connectivity index (χ3n) is 5.41. The van der Waals surface area contributed by atoms with Crippen molar-refractivity contribution in [3.63, 3.8) is 0 Å². The van der Waals surface area contributed by atoms with Crippen LogP contribution in [0.4, 0.5) is 0 Å². The van der Waals surface area contributed by atoms with Crippen molar-refractivity contribution in [2.75, 3.05) is 6.54 Å². The molecule has 22 heavy (non-hydrogen) atoms. The molecule has 2 saturated carbocycles. The van der Waals surface area contributed by atoms with Crippen LogP contribution in [-0.4, -0.2) is 39.0 Å². The van der Waals surface area contributed by atoms with Gasteiger partial charge in [0.2, 0.25) is 5.91 Å². The van der Waals surface area contributed by atoms with Gasteiger partial charge in [0.15, 0.2) is 0 Å². The van der Waals surface area contributed by atoms with Crippen LogP contribution in [0, 0.1) is 0 Å². The number of nitrogens with one attached hydrogen (secondary N) is 1. The van der Waals surface area contributed by atoms with Crippen LogP contribution >= 0.6 is 0 Å². The summed E-state index contributed by atoms with van der Waals surface area (Å²) in [6.07, 6.45) is 10.2. The lowest BCUT2D eigenvalue weighted by atomic mass is 10.1. The Balaban J connectivity index is 1.45. The summed E-state index contributed by atoms with van der Waals surface area (Å²) >= 11 is 0. The fourth-order valence-corrected chi connectivity index (χ4v) is 4.05. The Bertz CT molecular complexity index is 557. The van der Waals surface area contributed by atoms with Gasteiger partial charge in [-0.1, -0.05) is 12.8 Å². The van der Waals surface area contributed by atoms with Crippen molar-refractivity contribution in [3.8, 4) is 0 Å². The second-order valence-electron chi connectivity index (χ2n) is 7.15. The Labute approximate surface area is 132 Å². The third kappa shape index (κ3) is 2.78. The molecule has 1 N–H and O–H groups in total. The maximum Gasteiger partial charge on any atom is 0.226 e. The second-order valence-corrected chi connectivity index (χ2v) is 7.15. The average molecular weight is 302 g/mol. The van der Waals surface area contributed by atoms with Gasteiger partial charge in [-0.2, -0.15) is 0 Å². The lowest BCUT2D eigenvalue weighted by Crippen LogP contribution is -2.42. The molecule has 0 radical (unpaired) electrons. The van der Waals surface area contributed by atoms with Gasteiger partial charge in [0.1, 0.15) is 5.82 Å². The number of nitrogens with zero attached hydrogens (tertiary/aromatic N) is 3. The highest BCUT2D eigenvalue weighted by atomic mass is 16.1. The lowest BCUT2D eigenvalue weighted by molar-refractivity contribution is -0.120. The highest BCUT2D eigenvalue weighted by Gasteiger charge is 2.33. The first kappa shape index (κ1) is 14.2. The average Bonchev–Trinajstić information content (AvgIpc) is 3.00. The molecular weight excluding hydrogens is 276 g/mol. The van der Waals surface area contributed by atoms with Crippen molar-refractivity contribution >= 4 is 5.91 Å². The number of carbonyl (C=O) groups is 1. The monoisotopic (exact) mass is 302 g/mol. The molecule has 1 aliphatic heterocycles. The molecule has 2 aliphatic carbocycles. The second kappa shape index (κ2) is 5.69. The van der Waals surface area contributed by atoms with Gasteiger partial charge < -0.3 is 9.88 Å². The van der Waals surface area contributed by atoms with Gasteiger partial charge >= 0.3 is 0 Å². The molecule has 0 aromatic carbocycles. The predicted octanol–water partition coefficient (Wildman–Crippen LogP) is 2.02. The predicted molar refractivity (Wildman–Crippen MR) is 84.5 cm³/mol. The summed E-state index contributed by atoms with van der Waals surface area (Å²) in [6.45, 7) is 4.39. The number of amides is 1. The van der Waals surface area contributed by atoms with Gasteiger partial charge in [-0.3, -0.25) is 9.69 Å². The van der Waals surface area contributed by atoms with Crippen LogP contribution in [0.2, 0.25) is 0 Å². The minimum Gasteiger partial charge on any atom is -0.353 e. The number of hydrogen-bond donors (Lipinski definition) is 1. The Kier molecular flexibility index (Phi) is 3.68. The smallest absolute Gasteiger partial charge is 0.226 e. The van der Waals surface area contributed by atoms with Crippen molar-refractivity contribution in [3.05, 3.63) is 17.7 Å². The molecule has 0 saturated heterocycles. The topological polar surface area (TPSA) is 50.2 Å². The van der Waals surface area contributed by atoms with E-state index in [1.807, 2.05) is 0 Å². The van der Waals surface area contributed by atoms with E-state index in [1.165, 1.54) is 25.7 Å². The van der Waals surface area contributed by atoms with E-state index >= 15 is 0 Å². The summed E-state index contributed by atoms with van der Waals surface area (Å²) in [5.74, 6) is 1.27. The zero-order valence-electron chi connectivity index (χ0n) is 13.4. The van der Waals surface area contributed by atoms with E-state index in [0.717, 1.165) is 43.5 Å². The SMILES string of the molecule is C[C@H]1c2nc(CC(=O)NC3CC3)cn2CCN1C1CCCC1. The van der Waals surface area contributed by atoms with E-state index in [4.69, 9.17) is 4.98 Å². The van der Waals surface area contributed by atoms with Gasteiger partial charge in [-0.05, 0) is 32.6 Å². The summed E-state index contributed by atoms with van der Waals surface area (Å²) in [5.41, 5.74) is 0.924. The fourth-order valence-electron chi connectivity index (χ4n) is 4.05. The number of carbonyl (C=O) groups excluding carboxylic acids is 1. The minimum absolute atomic E-state index is 0.123. The molecule has 5 nitrogen and oxygen atoms in total. The number of hydrogen-bond acceptors (Lipinski definition) is 3. The molecule has 4 rings (SSSR count). The Morgan fingerprint density at radius 2 is 2.05 bits per heavy atom. The molecule has 1 aromatic rings. The van der Waals surface area contributed by atoms with Crippen LogP contribution in [0.3, 0.4) is 0 Å². The molecule has 5 heteroatoms. The molecule has 0 bridgehead atoms. The van der Waals surface area contributed by atoms with E-state index in [0.29, 0.717) is 18.5 Å². The standard InChI is InChI=1S/C17H26N4O/c1-12-17-19-14(10-16(22)18-13-6-7-13)11-20(17)8-9-21(12)15-4-2-3-5-15/h11-13,15H,2-10H2,1H3,(H,18,22)/t12-/m0/s1. The normalized spacial score (nSPS) is 26.1. The number of rotatable bonds is 4. The van der Waals surface area contributed by atoms with E-state index in [2.05, 4.69) is 27.9 Å². The molecule has 3 aliphatic rings. The van der Waals surface area contributed by atoms with Crippen molar-refractivity contribution in [2.45, 2.75) is 76.5 Å². The first-order valence-corrected chi connectivity index (χ1v) is 8.82. The quantitative estimate of drug-likeness (QED) is 0.926. The zero-order valence-corrected chi connectivity index (χ0v) is 13.4. The van der Waals surface area contributed by atoms with Crippen LogP contribution in [0.15, 0.2) is 6.20 Å². The fraction of sp³-hybridized carbons (Fsp3) is 0.765. The first-order valence-electron chi connectivity index (χ1n) is 8.82. The molecule has 1 aromatic heterocycles. The van der Waals surface area contributed by atoms with Gasteiger partial charge in [-0.25, -0.2) is 4.98 Å². The van der Waals surface area contributed by atoms with Gasteiger partial charge in [0, 0.05) is 31.4 Å². The van der Waals surface area contributed by atoms with Crippen LogP contribution in [0.1, 0.15) is 63.0 Å². The van der Waals surface area contributed by atoms with Crippen molar-refractivity contribution < 1.29 is 4.79 Å². The summed E-state index contributed by atoms with van der Waals surface area (Å²) < 4.78 is 2.26. The molecule has 2 fully saturated rings. The largest absolute Gasteiger partial charge is 0.353 e. The molecule has 1 atom stereocenters. The van der Waals surface area contributed by atoms with Crippen LogP contribution in [0.5, 0.6) is 0 Å². The molecule has 1 amide bonds. The van der Waals surface area contributed by atoms with Crippen LogP contribution < -0.4 is 5.32 Å². The van der Waals surface area contributed by atoms with E-state index in [-0.39, 0.29) is 5.91 Å². The van der Waals surface area contributed by atoms with Crippen molar-refractivity contribution in [2.24, 2.45) is 0 Å². The number of imidazole rings is 1. The Hall–Kier alpha value is -1.36. The molecule has 2 heterocycles. The summed E-state index contributed by atoms with van der Waals surface area (Å²) in [7, 11) is 0. The molecular formula is C17H26N4O. The zero-order chi connectivity index (χ0) is 15.1. The highest BCUT2D eigenvalue weighted by Crippen LogP contribution is 2.33. The highest BCUT2D eigenvalue weighted by molar-refractivity contribution is 5.78. The van der Waals surface area contributed by atoms with Crippen LogP contribution in [0.25, 0.3) is 0 Å². The van der Waals surface area contributed by atoms with Crippen molar-refractivity contribution in [1.29, 1.82) is 0 Å². The maximum absolute atomic E-state index is 12.0. The van der Waals surface area contributed by atoms with Gasteiger partial charge in [0.05, 0.1) is 18.2 Å². The van der Waals surface area contributed by atoms with E-state index < -0.39 is 0 Å². The maximum atomic E-state index is 12.0. The summed E-state index contributed by atoms with van der Waals surface area (Å²) in [5, 5.41) is 3.05. The van der Waals surface area contributed by atoms with E-state index in [9.17, 15) is 4.79 Å². The summed E-state index contributed by atoms with van der Waals surface area (Å²) in [6, 6.07) is 1.54. The number of fused-ring (bicyclic) bond motifs is 1. The van der Waals surface area contributed by atoms with Gasteiger partial charge in [-0.15, -0.1) is 0 Å². The van der Waals surface area contributed by atoms with E-state index in [1.54, 1.807) is 0 Å². The van der Waals surface area contributed by atoms with Crippen molar-refractivity contribution in [1.82, 2.24) is 19.8 Å². The third-order valence-corrected chi connectivity index (χ3v) is 5.41. The summed E-state index contributed by atoms with van der Waals surface area (Å²) in [4.78, 5) is 19.4. The molecule has 0 spiro atoms. The Morgan fingerprint density at radius 3 is 2.77 bits per heavy atom. The molecule has 120 valence electrons. The minimum atomic E-state index is 0.123. The first-order chi connectivity index (χ1) is 10.7. The Morgan fingerprint density at radius 1 is 1.27 bits per heavy atom. The lowest BCUT2D eigenvalue weighted by Gasteiger charge is -2.38. The van der Waals surface area contributed by atoms with Crippen LogP contribution in [-0.2, 0) is 17.8 Å².